The lowest BCUT2D eigenvalue weighted by molar-refractivity contribution is -0.155. The molecule has 0 rings (SSSR count). The van der Waals surface area contributed by atoms with Crippen LogP contribution in [0.2, 0.25) is 0 Å². The number of rotatable bonds is 7. The number of hydrogen-bond acceptors (Lipinski definition) is 8. The van der Waals surface area contributed by atoms with E-state index in [-0.39, 0.29) is 18.3 Å². The first kappa shape index (κ1) is 17.7. The molecule has 0 aromatic rings. The van der Waals surface area contributed by atoms with E-state index in [2.05, 4.69) is 14.2 Å². The molecule has 0 aromatic heterocycles. The summed E-state index contributed by atoms with van der Waals surface area (Å²) in [6.07, 6.45) is 0. The molecule has 7 nitrogen and oxygen atoms in total. The highest BCUT2D eigenvalue weighted by Gasteiger charge is 2.17. The van der Waals surface area contributed by atoms with Gasteiger partial charge in [0.05, 0.1) is 12.5 Å². The average Bonchev–Trinajstić information content (AvgIpc) is 2.35. The van der Waals surface area contributed by atoms with Crippen LogP contribution < -0.4 is 5.73 Å². The molecule has 0 bridgehead atoms. The van der Waals surface area contributed by atoms with E-state index in [9.17, 15) is 14.4 Å². The average molecular weight is 293 g/mol. The lowest BCUT2D eigenvalue weighted by Gasteiger charge is -2.10. The van der Waals surface area contributed by atoms with E-state index in [1.54, 1.807) is 20.8 Å². The standard InChI is InChI=1S/C11H19NO6S/c1-4-16-10(14)8(12)5-19-11(15)18-6-17-9(13)7(2)3/h7-8H,4-6,12H2,1-3H3/t8-/m0/s1. The molecule has 0 heterocycles. The van der Waals surface area contributed by atoms with Gasteiger partial charge in [-0.2, -0.15) is 0 Å². The molecule has 2 N–H and O–H groups in total. The summed E-state index contributed by atoms with van der Waals surface area (Å²) in [5, 5.41) is -0.670. The second-order valence-electron chi connectivity index (χ2n) is 3.80. The van der Waals surface area contributed by atoms with Gasteiger partial charge in [-0.1, -0.05) is 13.8 Å². The fourth-order valence-corrected chi connectivity index (χ4v) is 1.40. The molecule has 19 heavy (non-hydrogen) atoms. The van der Waals surface area contributed by atoms with Crippen LogP contribution in [0.15, 0.2) is 0 Å². The van der Waals surface area contributed by atoms with E-state index in [1.165, 1.54) is 0 Å². The summed E-state index contributed by atoms with van der Waals surface area (Å²) in [7, 11) is 0. The Bertz CT molecular complexity index is 320. The molecule has 0 fully saturated rings. The summed E-state index contributed by atoms with van der Waals surface area (Å²) in [5.41, 5.74) is 5.48. The van der Waals surface area contributed by atoms with Gasteiger partial charge >= 0.3 is 17.2 Å². The van der Waals surface area contributed by atoms with Gasteiger partial charge in [0.25, 0.3) is 0 Å². The third kappa shape index (κ3) is 8.44. The number of carbonyl (C=O) groups is 3. The van der Waals surface area contributed by atoms with Crippen molar-refractivity contribution in [2.45, 2.75) is 26.8 Å². The monoisotopic (exact) mass is 293 g/mol. The molecule has 0 aliphatic carbocycles. The van der Waals surface area contributed by atoms with E-state index in [0.717, 1.165) is 11.8 Å². The highest BCUT2D eigenvalue weighted by atomic mass is 32.2. The molecule has 0 saturated carbocycles. The second-order valence-corrected chi connectivity index (χ2v) is 4.76. The number of thioether (sulfide) groups is 1. The van der Waals surface area contributed by atoms with Crippen LogP contribution in [0.5, 0.6) is 0 Å². The number of hydrogen-bond donors (Lipinski definition) is 1. The van der Waals surface area contributed by atoms with E-state index >= 15 is 0 Å². The SMILES string of the molecule is CCOC(=O)[C@@H](N)CSC(=O)OCOC(=O)C(C)C. The van der Waals surface area contributed by atoms with Gasteiger partial charge in [0.15, 0.2) is 0 Å². The van der Waals surface area contributed by atoms with Crippen molar-refractivity contribution in [2.75, 3.05) is 19.2 Å². The molecule has 0 unspecified atom stereocenters. The first-order valence-corrected chi connectivity index (χ1v) is 6.75. The normalized spacial score (nSPS) is 11.8. The Hall–Kier alpha value is -1.28. The number of ether oxygens (including phenoxy) is 3. The van der Waals surface area contributed by atoms with Gasteiger partial charge in [-0.3, -0.25) is 9.59 Å². The quantitative estimate of drug-likeness (QED) is 0.545. The Labute approximate surface area is 116 Å². The number of carbonyl (C=O) groups excluding carboxylic acids is 3. The maximum Gasteiger partial charge on any atom is 0.370 e. The Kier molecular flexibility index (Phi) is 8.98. The van der Waals surface area contributed by atoms with Crippen LogP contribution in [0, 0.1) is 5.92 Å². The first-order valence-electron chi connectivity index (χ1n) is 5.76. The van der Waals surface area contributed by atoms with E-state index < -0.39 is 30.1 Å². The van der Waals surface area contributed by atoms with Crippen LogP contribution in [0.3, 0.4) is 0 Å². The topological polar surface area (TPSA) is 105 Å². The van der Waals surface area contributed by atoms with Gasteiger partial charge in [0.2, 0.25) is 6.79 Å². The van der Waals surface area contributed by atoms with Crippen LogP contribution in [0.1, 0.15) is 20.8 Å². The molecule has 1 atom stereocenters. The highest BCUT2D eigenvalue weighted by Crippen LogP contribution is 2.08. The molecule has 0 aliphatic heterocycles. The molecule has 0 aromatic carbocycles. The van der Waals surface area contributed by atoms with Crippen molar-refractivity contribution in [2.24, 2.45) is 11.7 Å². The van der Waals surface area contributed by atoms with Gasteiger partial charge in [-0.05, 0) is 18.7 Å². The van der Waals surface area contributed by atoms with E-state index in [4.69, 9.17) is 5.73 Å². The zero-order chi connectivity index (χ0) is 14.8. The molecule has 0 aliphatic rings. The van der Waals surface area contributed by atoms with E-state index in [0.29, 0.717) is 0 Å². The Morgan fingerprint density at radius 2 is 1.74 bits per heavy atom. The van der Waals surface area contributed by atoms with Crippen molar-refractivity contribution in [3.63, 3.8) is 0 Å². The lowest BCUT2D eigenvalue weighted by Crippen LogP contribution is -2.35. The summed E-state index contributed by atoms with van der Waals surface area (Å²) in [6.45, 7) is 4.77. The first-order chi connectivity index (χ1) is 8.88. The second kappa shape index (κ2) is 9.62. The fraction of sp³-hybridized carbons (Fsp3) is 0.727. The predicted molar refractivity (Wildman–Crippen MR) is 69.3 cm³/mol. The lowest BCUT2D eigenvalue weighted by atomic mass is 10.2. The molecule has 0 spiro atoms. The third-order valence-corrected chi connectivity index (χ3v) is 2.70. The van der Waals surface area contributed by atoms with Gasteiger partial charge < -0.3 is 19.9 Å². The largest absolute Gasteiger partial charge is 0.465 e. The van der Waals surface area contributed by atoms with Crippen LogP contribution >= 0.6 is 11.8 Å². The predicted octanol–water partition coefficient (Wildman–Crippen LogP) is 0.903. The summed E-state index contributed by atoms with van der Waals surface area (Å²) >= 11 is 0.721. The number of esters is 2. The van der Waals surface area contributed by atoms with E-state index in [1.807, 2.05) is 0 Å². The Balaban J connectivity index is 3.76. The molecule has 0 radical (unpaired) electrons. The van der Waals surface area contributed by atoms with Gasteiger partial charge in [-0.15, -0.1) is 0 Å². The molecule has 0 amide bonds. The smallest absolute Gasteiger partial charge is 0.370 e. The Morgan fingerprint density at radius 1 is 1.11 bits per heavy atom. The minimum Gasteiger partial charge on any atom is -0.465 e. The molecule has 8 heteroatoms. The van der Waals surface area contributed by atoms with Crippen LogP contribution in [-0.2, 0) is 23.8 Å². The summed E-state index contributed by atoms with van der Waals surface area (Å²) in [5.74, 6) is -1.28. The van der Waals surface area contributed by atoms with Crippen LogP contribution in [0.4, 0.5) is 4.79 Å². The minimum absolute atomic E-state index is 0.0375. The van der Waals surface area contributed by atoms with Crippen molar-refractivity contribution >= 4 is 29.0 Å². The highest BCUT2D eigenvalue weighted by molar-refractivity contribution is 8.13. The maximum atomic E-state index is 11.2. The van der Waals surface area contributed by atoms with Crippen molar-refractivity contribution in [3.8, 4) is 0 Å². The van der Waals surface area contributed by atoms with Crippen molar-refractivity contribution < 1.29 is 28.6 Å². The van der Waals surface area contributed by atoms with Gasteiger partial charge in [0, 0.05) is 5.75 Å². The zero-order valence-electron chi connectivity index (χ0n) is 11.2. The zero-order valence-corrected chi connectivity index (χ0v) is 12.0. The summed E-state index contributed by atoms with van der Waals surface area (Å²) in [4.78, 5) is 33.4. The van der Waals surface area contributed by atoms with Crippen molar-refractivity contribution in [3.05, 3.63) is 0 Å². The summed E-state index contributed by atoms with van der Waals surface area (Å²) in [6, 6.07) is -0.893. The van der Waals surface area contributed by atoms with Crippen LogP contribution in [-0.4, -0.2) is 42.4 Å². The summed E-state index contributed by atoms with van der Waals surface area (Å²) < 4.78 is 14.0. The molecular formula is C11H19NO6S. The molecule has 0 saturated heterocycles. The third-order valence-electron chi connectivity index (χ3n) is 1.82. The van der Waals surface area contributed by atoms with Crippen LogP contribution in [0.25, 0.3) is 0 Å². The molecule has 110 valence electrons. The van der Waals surface area contributed by atoms with Gasteiger partial charge in [-0.25, -0.2) is 4.79 Å². The maximum absolute atomic E-state index is 11.2. The Morgan fingerprint density at radius 3 is 2.26 bits per heavy atom. The minimum atomic E-state index is -0.893. The number of nitrogens with two attached hydrogens (primary N) is 1. The van der Waals surface area contributed by atoms with Gasteiger partial charge in [0.1, 0.15) is 6.04 Å². The fourth-order valence-electron chi connectivity index (χ4n) is 0.819. The van der Waals surface area contributed by atoms with Crippen molar-refractivity contribution in [1.29, 1.82) is 0 Å². The molecular weight excluding hydrogens is 274 g/mol. The van der Waals surface area contributed by atoms with Crippen molar-refractivity contribution in [1.82, 2.24) is 0 Å².